The van der Waals surface area contributed by atoms with Crippen molar-refractivity contribution in [3.05, 3.63) is 27.1 Å². The highest BCUT2D eigenvalue weighted by molar-refractivity contribution is 8.04. The Kier molecular flexibility index (Phi) is 2.03. The normalized spacial score (nSPS) is 40.3. The van der Waals surface area contributed by atoms with Crippen LogP contribution in [-0.2, 0) is 5.41 Å². The van der Waals surface area contributed by atoms with Crippen LogP contribution in [0.1, 0.15) is 18.4 Å². The van der Waals surface area contributed by atoms with Crippen molar-refractivity contribution in [2.75, 3.05) is 11.4 Å². The van der Waals surface area contributed by atoms with Crippen LogP contribution in [0.3, 0.4) is 0 Å². The molecule has 7 rings (SSSR count). The van der Waals surface area contributed by atoms with Crippen LogP contribution in [0, 0.1) is 0 Å². The van der Waals surface area contributed by atoms with Crippen LogP contribution in [0.25, 0.3) is 5.57 Å². The molecule has 0 amide bonds. The Morgan fingerprint density at radius 2 is 2.20 bits per heavy atom. The number of hydrogen-bond acceptors (Lipinski definition) is 7. The summed E-state index contributed by atoms with van der Waals surface area (Å²) in [7, 11) is 0. The SMILES string of the molecule is Oc1c2c3c4c5c1=N[C@@H]1C[C@@]56C(=C[C@@H](O)[C@H]([C@@H]6O)N4CCC=3C=N2)S1. The van der Waals surface area contributed by atoms with Crippen molar-refractivity contribution in [2.45, 2.75) is 41.9 Å². The molecule has 0 saturated carbocycles. The number of fused-ring (bicyclic) bond motifs is 3. The highest BCUT2D eigenvalue weighted by Crippen LogP contribution is 2.63. The lowest BCUT2D eigenvalue weighted by molar-refractivity contribution is 0.0102. The van der Waals surface area contributed by atoms with Gasteiger partial charge in [0.1, 0.15) is 16.4 Å². The minimum Gasteiger partial charge on any atom is -0.504 e. The summed E-state index contributed by atoms with van der Waals surface area (Å²) in [4.78, 5) is 12.4. The van der Waals surface area contributed by atoms with Gasteiger partial charge in [0, 0.05) is 23.5 Å². The molecule has 25 heavy (non-hydrogen) atoms. The summed E-state index contributed by atoms with van der Waals surface area (Å²) in [5.41, 5.74) is 3.19. The molecule has 1 aliphatic carbocycles. The number of aliphatic imine (C=N–C) groups is 1. The van der Waals surface area contributed by atoms with Crippen LogP contribution in [0.2, 0.25) is 0 Å². The molecular formula is C18H15N3O3S. The van der Waals surface area contributed by atoms with Gasteiger partial charge in [-0.05, 0) is 29.4 Å². The van der Waals surface area contributed by atoms with Crippen LogP contribution >= 0.6 is 11.8 Å². The Bertz CT molecular complexity index is 1090. The number of phenolic OH excluding ortho intramolecular Hbond substituents is 1. The van der Waals surface area contributed by atoms with Gasteiger partial charge in [0.15, 0.2) is 5.75 Å². The van der Waals surface area contributed by atoms with Crippen molar-refractivity contribution in [1.82, 2.24) is 0 Å². The van der Waals surface area contributed by atoms with Crippen molar-refractivity contribution >= 4 is 34.9 Å². The fourth-order valence-corrected chi connectivity index (χ4v) is 7.34. The molecule has 1 fully saturated rings. The van der Waals surface area contributed by atoms with Crippen LogP contribution in [0.5, 0.6) is 5.75 Å². The molecule has 1 aromatic rings. The Morgan fingerprint density at radius 3 is 3.08 bits per heavy atom. The summed E-state index contributed by atoms with van der Waals surface area (Å²) < 4.78 is 0. The van der Waals surface area contributed by atoms with Gasteiger partial charge < -0.3 is 20.2 Å². The number of anilines is 1. The number of thioether (sulfide) groups is 1. The average molecular weight is 353 g/mol. The van der Waals surface area contributed by atoms with Gasteiger partial charge in [0.05, 0.1) is 29.4 Å². The zero-order valence-electron chi connectivity index (χ0n) is 13.2. The Hall–Kier alpha value is -1.83. The van der Waals surface area contributed by atoms with Gasteiger partial charge in [-0.25, -0.2) is 0 Å². The summed E-state index contributed by atoms with van der Waals surface area (Å²) in [6, 6.07) is -0.350. The third-order valence-electron chi connectivity index (χ3n) is 6.75. The summed E-state index contributed by atoms with van der Waals surface area (Å²) in [6.07, 6.45) is 3.90. The first-order chi connectivity index (χ1) is 12.1. The molecule has 1 saturated heterocycles. The maximum absolute atomic E-state index is 11.4. The maximum atomic E-state index is 11.4. The lowest BCUT2D eigenvalue weighted by Crippen LogP contribution is -2.68. The first-order valence-electron chi connectivity index (χ1n) is 8.67. The predicted octanol–water partition coefficient (Wildman–Crippen LogP) is -0.196. The van der Waals surface area contributed by atoms with E-state index >= 15 is 0 Å². The van der Waals surface area contributed by atoms with E-state index in [2.05, 4.69) is 9.89 Å². The molecule has 5 aliphatic heterocycles. The molecule has 1 aromatic carbocycles. The van der Waals surface area contributed by atoms with E-state index < -0.39 is 17.6 Å². The van der Waals surface area contributed by atoms with Crippen LogP contribution < -0.4 is 15.5 Å². The van der Waals surface area contributed by atoms with E-state index in [0.717, 1.165) is 46.3 Å². The van der Waals surface area contributed by atoms with E-state index in [1.54, 1.807) is 11.8 Å². The average Bonchev–Trinajstić information content (AvgIpc) is 3.13. The molecule has 126 valence electrons. The smallest absolute Gasteiger partial charge is 0.167 e. The number of aromatic hydroxyl groups is 1. The Labute approximate surface area is 146 Å². The molecule has 3 N–H and O–H groups in total. The van der Waals surface area contributed by atoms with Gasteiger partial charge in [-0.1, -0.05) is 0 Å². The van der Waals surface area contributed by atoms with Gasteiger partial charge in [0.25, 0.3) is 0 Å². The van der Waals surface area contributed by atoms with Crippen molar-refractivity contribution in [3.8, 4) is 5.75 Å². The number of nitrogens with zero attached hydrogens (tertiary/aromatic N) is 3. The van der Waals surface area contributed by atoms with E-state index in [9.17, 15) is 15.3 Å². The van der Waals surface area contributed by atoms with Crippen molar-refractivity contribution < 1.29 is 15.3 Å². The van der Waals surface area contributed by atoms with E-state index in [4.69, 9.17) is 4.99 Å². The number of aliphatic hydroxyl groups is 2. The molecule has 3 bridgehead atoms. The largest absolute Gasteiger partial charge is 0.504 e. The van der Waals surface area contributed by atoms with Gasteiger partial charge >= 0.3 is 0 Å². The molecule has 0 aromatic heterocycles. The van der Waals surface area contributed by atoms with Gasteiger partial charge in [-0.3, -0.25) is 9.98 Å². The number of phenols is 1. The maximum Gasteiger partial charge on any atom is 0.167 e. The molecule has 6 aliphatic rings. The van der Waals surface area contributed by atoms with Crippen molar-refractivity contribution in [3.63, 3.8) is 0 Å². The third-order valence-corrected chi connectivity index (χ3v) is 8.05. The van der Waals surface area contributed by atoms with E-state index in [1.807, 2.05) is 12.3 Å². The van der Waals surface area contributed by atoms with Crippen LogP contribution in [-0.4, -0.2) is 51.7 Å². The molecule has 5 heterocycles. The molecular weight excluding hydrogens is 338 g/mol. The van der Waals surface area contributed by atoms with Crippen molar-refractivity contribution in [1.29, 1.82) is 0 Å². The molecule has 7 heteroatoms. The predicted molar refractivity (Wildman–Crippen MR) is 94.0 cm³/mol. The number of aliphatic hydroxyl groups excluding tert-OH is 2. The number of benzene rings is 1. The lowest BCUT2D eigenvalue weighted by atomic mass is 9.61. The quantitative estimate of drug-likeness (QED) is 0.601. The van der Waals surface area contributed by atoms with E-state index in [1.165, 1.54) is 0 Å². The third kappa shape index (κ3) is 1.19. The minimum absolute atomic E-state index is 0.0283. The monoisotopic (exact) mass is 353 g/mol. The molecule has 5 atom stereocenters. The Balaban J connectivity index is 1.78. The van der Waals surface area contributed by atoms with Gasteiger partial charge in [-0.2, -0.15) is 0 Å². The lowest BCUT2D eigenvalue weighted by Gasteiger charge is -2.55. The number of rotatable bonds is 0. The summed E-state index contributed by atoms with van der Waals surface area (Å²) in [6.45, 7) is 0.736. The first-order valence-corrected chi connectivity index (χ1v) is 9.55. The second-order valence-corrected chi connectivity index (χ2v) is 8.92. The standard InChI is InChI=1S/C18H15N3O3S/c22-7-3-8-18-4-9(25-8)20-13-11(18)15-10-6(5-19-12(10)16(13)23)1-2-21(15)14(7)17(18)24/h3,5,7,9,14,17,22-24H,1-2,4H2/t7-,9+,14-,17+,18-/m1/s1. The van der Waals surface area contributed by atoms with Gasteiger partial charge in [-0.15, -0.1) is 11.8 Å². The fourth-order valence-electron chi connectivity index (χ4n) is 5.81. The second-order valence-electron chi connectivity index (χ2n) is 7.71. The zero-order chi connectivity index (χ0) is 16.7. The molecule has 1 spiro atoms. The highest BCUT2D eigenvalue weighted by atomic mass is 32.2. The van der Waals surface area contributed by atoms with E-state index in [0.29, 0.717) is 11.0 Å². The fraction of sp³-hybridized carbons (Fsp3) is 0.444. The molecule has 0 radical (unpaired) electrons. The van der Waals surface area contributed by atoms with Crippen LogP contribution in [0.4, 0.5) is 11.4 Å². The summed E-state index contributed by atoms with van der Waals surface area (Å²) in [5, 5.41) is 34.6. The zero-order valence-corrected chi connectivity index (χ0v) is 14.0. The highest BCUT2D eigenvalue weighted by Gasteiger charge is 2.64. The Morgan fingerprint density at radius 1 is 1.32 bits per heavy atom. The van der Waals surface area contributed by atoms with Gasteiger partial charge in [0.2, 0.25) is 0 Å². The summed E-state index contributed by atoms with van der Waals surface area (Å²) >= 11 is 1.61. The van der Waals surface area contributed by atoms with Crippen molar-refractivity contribution in [2.24, 2.45) is 9.98 Å². The molecule has 6 nitrogen and oxygen atoms in total. The second kappa shape index (κ2) is 3.79. The van der Waals surface area contributed by atoms with Crippen LogP contribution in [0.15, 0.2) is 21.0 Å². The number of hydrogen-bond donors (Lipinski definition) is 3. The topological polar surface area (TPSA) is 88.7 Å². The molecule has 0 unspecified atom stereocenters. The minimum atomic E-state index is -0.701. The first kappa shape index (κ1) is 13.4. The summed E-state index contributed by atoms with van der Waals surface area (Å²) in [5.74, 6) is 0.143. The van der Waals surface area contributed by atoms with E-state index in [-0.39, 0.29) is 17.2 Å².